The van der Waals surface area contributed by atoms with Gasteiger partial charge in [-0.25, -0.2) is 15.0 Å². The van der Waals surface area contributed by atoms with Gasteiger partial charge >= 0.3 is 0 Å². The molecule has 1 aromatic carbocycles. The maximum atomic E-state index is 12.7. The minimum atomic E-state index is -0.211. The lowest BCUT2D eigenvalue weighted by Crippen LogP contribution is -2.27. The van der Waals surface area contributed by atoms with E-state index in [1.165, 1.54) is 12.8 Å². The highest BCUT2D eigenvalue weighted by atomic mass is 16.5. The SMILES string of the molecule is Cn1cc(-c2ccccc2)nc1COc1ncc(C2CC2)nc1C(=O)NCC1CC1. The van der Waals surface area contributed by atoms with Gasteiger partial charge in [-0.1, -0.05) is 30.3 Å². The van der Waals surface area contributed by atoms with Crippen LogP contribution in [0.4, 0.5) is 0 Å². The van der Waals surface area contributed by atoms with Gasteiger partial charge in [-0.15, -0.1) is 0 Å². The van der Waals surface area contributed by atoms with Crippen LogP contribution >= 0.6 is 0 Å². The number of imidazole rings is 1. The lowest BCUT2D eigenvalue weighted by atomic mass is 10.2. The fourth-order valence-corrected chi connectivity index (χ4v) is 3.38. The number of carbonyl (C=O) groups excluding carboxylic acids is 1. The number of amides is 1. The molecule has 2 heterocycles. The van der Waals surface area contributed by atoms with Gasteiger partial charge in [0.05, 0.1) is 17.6 Å². The highest BCUT2D eigenvalue weighted by Gasteiger charge is 2.29. The Bertz CT molecular complexity index is 1050. The van der Waals surface area contributed by atoms with Gasteiger partial charge in [0.15, 0.2) is 5.69 Å². The average Bonchev–Trinajstić information content (AvgIpc) is 3.69. The molecule has 3 aromatic rings. The number of rotatable bonds is 8. The monoisotopic (exact) mass is 403 g/mol. The summed E-state index contributed by atoms with van der Waals surface area (Å²) in [6.45, 7) is 0.900. The fourth-order valence-electron chi connectivity index (χ4n) is 3.38. The summed E-state index contributed by atoms with van der Waals surface area (Å²) in [5, 5.41) is 2.98. The number of hydrogen-bond donors (Lipinski definition) is 1. The van der Waals surface area contributed by atoms with E-state index in [1.54, 1.807) is 6.20 Å². The first kappa shape index (κ1) is 18.8. The lowest BCUT2D eigenvalue weighted by molar-refractivity contribution is 0.0940. The lowest BCUT2D eigenvalue weighted by Gasteiger charge is -2.11. The van der Waals surface area contributed by atoms with Crippen LogP contribution in [0.5, 0.6) is 5.88 Å². The third kappa shape index (κ3) is 4.20. The number of carbonyl (C=O) groups is 1. The second-order valence-electron chi connectivity index (χ2n) is 8.18. The highest BCUT2D eigenvalue weighted by molar-refractivity contribution is 5.94. The number of benzene rings is 1. The maximum absolute atomic E-state index is 12.7. The van der Waals surface area contributed by atoms with Crippen molar-refractivity contribution in [1.29, 1.82) is 0 Å². The van der Waals surface area contributed by atoms with Crippen molar-refractivity contribution >= 4 is 5.91 Å². The molecule has 30 heavy (non-hydrogen) atoms. The number of nitrogens with zero attached hydrogens (tertiary/aromatic N) is 4. The van der Waals surface area contributed by atoms with Crippen LogP contribution in [0.2, 0.25) is 0 Å². The Hall–Kier alpha value is -3.22. The zero-order valence-electron chi connectivity index (χ0n) is 17.0. The molecule has 5 rings (SSSR count). The summed E-state index contributed by atoms with van der Waals surface area (Å²) in [6.07, 6.45) is 8.28. The third-order valence-electron chi connectivity index (χ3n) is 5.60. The summed E-state index contributed by atoms with van der Waals surface area (Å²) in [6, 6.07) is 10.0. The van der Waals surface area contributed by atoms with Crippen LogP contribution < -0.4 is 10.1 Å². The molecule has 2 fully saturated rings. The summed E-state index contributed by atoms with van der Waals surface area (Å²) >= 11 is 0. The second kappa shape index (κ2) is 7.89. The highest BCUT2D eigenvalue weighted by Crippen LogP contribution is 2.39. The summed E-state index contributed by atoms with van der Waals surface area (Å²) in [7, 11) is 1.93. The number of ether oxygens (including phenoxy) is 1. The van der Waals surface area contributed by atoms with E-state index < -0.39 is 0 Å². The fraction of sp³-hybridized carbons (Fsp3) is 0.391. The Morgan fingerprint density at radius 3 is 2.70 bits per heavy atom. The van der Waals surface area contributed by atoms with Crippen molar-refractivity contribution in [2.24, 2.45) is 13.0 Å². The van der Waals surface area contributed by atoms with Crippen molar-refractivity contribution in [1.82, 2.24) is 24.8 Å². The maximum Gasteiger partial charge on any atom is 0.275 e. The smallest absolute Gasteiger partial charge is 0.275 e. The van der Waals surface area contributed by atoms with Crippen LogP contribution in [0.1, 0.15) is 53.6 Å². The first-order valence-corrected chi connectivity index (χ1v) is 10.5. The molecule has 7 heteroatoms. The molecule has 2 aliphatic carbocycles. The summed E-state index contributed by atoms with van der Waals surface area (Å²) in [5.74, 6) is 1.83. The minimum Gasteiger partial charge on any atom is -0.468 e. The summed E-state index contributed by atoms with van der Waals surface area (Å²) in [4.78, 5) is 26.5. The zero-order chi connectivity index (χ0) is 20.5. The van der Waals surface area contributed by atoms with Crippen LogP contribution in [0.3, 0.4) is 0 Å². The van der Waals surface area contributed by atoms with E-state index >= 15 is 0 Å². The molecule has 2 aliphatic rings. The second-order valence-corrected chi connectivity index (χ2v) is 8.18. The number of hydrogen-bond acceptors (Lipinski definition) is 5. The first-order valence-electron chi connectivity index (χ1n) is 10.5. The molecule has 0 spiro atoms. The van der Waals surface area contributed by atoms with Crippen LogP contribution in [-0.2, 0) is 13.7 Å². The van der Waals surface area contributed by atoms with E-state index in [1.807, 2.05) is 48.1 Å². The Labute approximate surface area is 175 Å². The molecule has 2 saturated carbocycles. The molecular weight excluding hydrogens is 378 g/mol. The average molecular weight is 403 g/mol. The van der Waals surface area contributed by atoms with Crippen LogP contribution in [0.15, 0.2) is 42.7 Å². The Balaban J connectivity index is 1.34. The van der Waals surface area contributed by atoms with E-state index in [2.05, 4.69) is 20.3 Å². The summed E-state index contributed by atoms with van der Waals surface area (Å²) < 4.78 is 7.87. The van der Waals surface area contributed by atoms with Crippen molar-refractivity contribution < 1.29 is 9.53 Å². The predicted molar refractivity (Wildman–Crippen MR) is 112 cm³/mol. The van der Waals surface area contributed by atoms with Gasteiger partial charge < -0.3 is 14.6 Å². The molecule has 154 valence electrons. The van der Waals surface area contributed by atoms with E-state index in [0.717, 1.165) is 35.6 Å². The van der Waals surface area contributed by atoms with Crippen LogP contribution in [0, 0.1) is 5.92 Å². The van der Waals surface area contributed by atoms with Gasteiger partial charge in [-0.2, -0.15) is 0 Å². The number of aromatic nitrogens is 4. The molecule has 0 unspecified atom stereocenters. The largest absolute Gasteiger partial charge is 0.468 e. The van der Waals surface area contributed by atoms with E-state index in [-0.39, 0.29) is 24.1 Å². The van der Waals surface area contributed by atoms with Crippen molar-refractivity contribution in [3.05, 3.63) is 59.9 Å². The molecule has 0 radical (unpaired) electrons. The Morgan fingerprint density at radius 1 is 1.17 bits per heavy atom. The van der Waals surface area contributed by atoms with Gasteiger partial charge in [0.25, 0.3) is 5.91 Å². The van der Waals surface area contributed by atoms with Crippen molar-refractivity contribution in [2.75, 3.05) is 6.54 Å². The topological polar surface area (TPSA) is 81.9 Å². The molecule has 0 saturated heterocycles. The number of aryl methyl sites for hydroxylation is 1. The van der Waals surface area contributed by atoms with Crippen molar-refractivity contribution in [3.8, 4) is 17.1 Å². The zero-order valence-corrected chi connectivity index (χ0v) is 17.0. The van der Waals surface area contributed by atoms with Gasteiger partial charge in [-0.05, 0) is 31.6 Å². The summed E-state index contributed by atoms with van der Waals surface area (Å²) in [5.41, 5.74) is 3.09. The Morgan fingerprint density at radius 2 is 1.97 bits per heavy atom. The minimum absolute atomic E-state index is 0.211. The van der Waals surface area contributed by atoms with E-state index in [4.69, 9.17) is 4.74 Å². The van der Waals surface area contributed by atoms with Crippen molar-refractivity contribution in [3.63, 3.8) is 0 Å². The van der Waals surface area contributed by atoms with Gasteiger partial charge in [0.1, 0.15) is 12.4 Å². The molecule has 0 aliphatic heterocycles. The normalized spacial score (nSPS) is 15.8. The third-order valence-corrected chi connectivity index (χ3v) is 5.60. The standard InChI is InChI=1S/C23H25N5O2/c1-28-13-19(16-5-3-2-4-6-16)26-20(28)14-30-23-21(22(29)24-11-15-7-8-15)27-18(12-25-23)17-9-10-17/h2-6,12-13,15,17H,7-11,14H2,1H3,(H,24,29). The van der Waals surface area contributed by atoms with E-state index in [9.17, 15) is 4.79 Å². The number of nitrogens with one attached hydrogen (secondary N) is 1. The van der Waals surface area contributed by atoms with Crippen LogP contribution in [-0.4, -0.2) is 32.0 Å². The molecule has 0 bridgehead atoms. The molecule has 0 atom stereocenters. The van der Waals surface area contributed by atoms with Crippen molar-refractivity contribution in [2.45, 2.75) is 38.2 Å². The molecule has 7 nitrogen and oxygen atoms in total. The van der Waals surface area contributed by atoms with Gasteiger partial charge in [0.2, 0.25) is 5.88 Å². The first-order chi connectivity index (χ1) is 14.7. The molecular formula is C23H25N5O2. The predicted octanol–water partition coefficient (Wildman–Crippen LogP) is 3.47. The van der Waals surface area contributed by atoms with Gasteiger partial charge in [-0.3, -0.25) is 4.79 Å². The molecule has 2 aromatic heterocycles. The van der Waals surface area contributed by atoms with Gasteiger partial charge in [0, 0.05) is 31.3 Å². The molecule has 1 amide bonds. The van der Waals surface area contributed by atoms with E-state index in [0.29, 0.717) is 18.4 Å². The Kier molecular flexibility index (Phi) is 4.94. The quantitative estimate of drug-likeness (QED) is 0.623. The van der Waals surface area contributed by atoms with Crippen LogP contribution in [0.25, 0.3) is 11.3 Å². The molecule has 1 N–H and O–H groups in total.